The van der Waals surface area contributed by atoms with Crippen LogP contribution in [0.25, 0.3) is 11.2 Å². The maximum absolute atomic E-state index is 5.84. The summed E-state index contributed by atoms with van der Waals surface area (Å²) in [5.74, 6) is 0. The Morgan fingerprint density at radius 1 is 1.27 bits per heavy atom. The van der Waals surface area contributed by atoms with E-state index in [2.05, 4.69) is 35.7 Å². The second-order valence-electron chi connectivity index (χ2n) is 4.54. The van der Waals surface area contributed by atoms with Crippen LogP contribution >= 0.6 is 11.6 Å². The first kappa shape index (κ1) is 10.4. The predicted octanol–water partition coefficient (Wildman–Crippen LogP) is 2.54. The molecule has 5 heteroatoms. The van der Waals surface area contributed by atoms with Gasteiger partial charge in [0, 0.05) is 5.54 Å². The lowest BCUT2D eigenvalue weighted by Gasteiger charge is -2.20. The molecule has 0 aromatic carbocycles. The molecule has 0 bridgehead atoms. The van der Waals surface area contributed by atoms with Crippen LogP contribution in [0.5, 0.6) is 0 Å². The molecule has 2 heterocycles. The third kappa shape index (κ3) is 1.69. The maximum atomic E-state index is 5.84. The molecule has 15 heavy (non-hydrogen) atoms. The van der Waals surface area contributed by atoms with E-state index in [-0.39, 0.29) is 10.8 Å². The molecule has 2 aromatic rings. The fraction of sp³-hybridized carbons (Fsp3) is 0.500. The van der Waals surface area contributed by atoms with E-state index in [9.17, 15) is 0 Å². The molecule has 2 rings (SSSR count). The zero-order valence-electron chi connectivity index (χ0n) is 9.24. The molecule has 0 N–H and O–H groups in total. The van der Waals surface area contributed by atoms with Crippen LogP contribution in [0.3, 0.4) is 0 Å². The molecule has 0 amide bonds. The Hall–Kier alpha value is -1.16. The van der Waals surface area contributed by atoms with E-state index < -0.39 is 0 Å². The SMILES string of the molecule is Cc1nc(Cl)nc2c1ncn2C(C)(C)C. The van der Waals surface area contributed by atoms with Gasteiger partial charge in [-0.1, -0.05) is 0 Å². The minimum atomic E-state index is -0.0567. The summed E-state index contributed by atoms with van der Waals surface area (Å²) in [6.07, 6.45) is 1.78. The van der Waals surface area contributed by atoms with E-state index in [0.29, 0.717) is 0 Å². The van der Waals surface area contributed by atoms with Gasteiger partial charge in [-0.25, -0.2) is 9.97 Å². The van der Waals surface area contributed by atoms with E-state index in [4.69, 9.17) is 11.6 Å². The van der Waals surface area contributed by atoms with Crippen LogP contribution in [0.2, 0.25) is 5.28 Å². The van der Waals surface area contributed by atoms with Gasteiger partial charge in [0.05, 0.1) is 12.0 Å². The summed E-state index contributed by atoms with van der Waals surface area (Å²) in [6, 6.07) is 0. The Balaban J connectivity index is 2.80. The number of hydrogen-bond acceptors (Lipinski definition) is 3. The third-order valence-corrected chi connectivity index (χ3v) is 2.43. The monoisotopic (exact) mass is 224 g/mol. The number of hydrogen-bond donors (Lipinski definition) is 0. The minimum absolute atomic E-state index is 0.0567. The zero-order chi connectivity index (χ0) is 11.2. The second kappa shape index (κ2) is 3.17. The maximum Gasteiger partial charge on any atom is 0.224 e. The molecule has 4 nitrogen and oxygen atoms in total. The first-order valence-corrected chi connectivity index (χ1v) is 5.15. The summed E-state index contributed by atoms with van der Waals surface area (Å²) < 4.78 is 2.00. The van der Waals surface area contributed by atoms with Crippen LogP contribution in [-0.4, -0.2) is 19.5 Å². The molecule has 0 fully saturated rings. The summed E-state index contributed by atoms with van der Waals surface area (Å²) >= 11 is 5.84. The van der Waals surface area contributed by atoms with Crippen molar-refractivity contribution in [2.75, 3.05) is 0 Å². The molecule has 0 saturated heterocycles. The first-order chi connectivity index (χ1) is 6.89. The van der Waals surface area contributed by atoms with Gasteiger partial charge >= 0.3 is 0 Å². The van der Waals surface area contributed by atoms with Crippen molar-refractivity contribution in [1.29, 1.82) is 0 Å². The number of rotatable bonds is 0. The average Bonchev–Trinajstić information content (AvgIpc) is 2.45. The lowest BCUT2D eigenvalue weighted by Crippen LogP contribution is -2.21. The third-order valence-electron chi connectivity index (χ3n) is 2.27. The van der Waals surface area contributed by atoms with Crippen LogP contribution in [-0.2, 0) is 5.54 Å². The summed E-state index contributed by atoms with van der Waals surface area (Å²) in [5, 5.41) is 0.269. The van der Waals surface area contributed by atoms with Gasteiger partial charge in [-0.05, 0) is 39.3 Å². The molecule has 0 unspecified atom stereocenters. The van der Waals surface area contributed by atoms with Crippen molar-refractivity contribution >= 4 is 22.8 Å². The fourth-order valence-electron chi connectivity index (χ4n) is 1.50. The largest absolute Gasteiger partial charge is 0.310 e. The van der Waals surface area contributed by atoms with Crippen molar-refractivity contribution in [2.45, 2.75) is 33.2 Å². The summed E-state index contributed by atoms with van der Waals surface area (Å²) in [6.45, 7) is 8.17. The number of aromatic nitrogens is 4. The Kier molecular flexibility index (Phi) is 2.19. The van der Waals surface area contributed by atoms with Crippen LogP contribution in [0.1, 0.15) is 26.5 Å². The summed E-state index contributed by atoms with van der Waals surface area (Å²) in [4.78, 5) is 12.6. The van der Waals surface area contributed by atoms with Gasteiger partial charge in [0.25, 0.3) is 0 Å². The Bertz CT molecular complexity index is 510. The lowest BCUT2D eigenvalue weighted by molar-refractivity contribution is 0.406. The summed E-state index contributed by atoms with van der Waals surface area (Å²) in [5.41, 5.74) is 2.36. The number of imidazole rings is 1. The quantitative estimate of drug-likeness (QED) is 0.646. The van der Waals surface area contributed by atoms with Crippen LogP contribution in [0.4, 0.5) is 0 Å². The van der Waals surface area contributed by atoms with E-state index in [1.807, 2.05) is 11.5 Å². The number of aryl methyl sites for hydroxylation is 1. The first-order valence-electron chi connectivity index (χ1n) is 4.77. The number of fused-ring (bicyclic) bond motifs is 1. The molecule has 0 aliphatic heterocycles. The number of nitrogens with zero attached hydrogens (tertiary/aromatic N) is 4. The molecule has 2 aromatic heterocycles. The molecule has 0 atom stereocenters. The Labute approximate surface area is 93.3 Å². The predicted molar refractivity (Wildman–Crippen MR) is 60.1 cm³/mol. The molecule has 0 aliphatic carbocycles. The lowest BCUT2D eigenvalue weighted by atomic mass is 10.1. The van der Waals surface area contributed by atoms with Gasteiger partial charge in [0.2, 0.25) is 5.28 Å². The van der Waals surface area contributed by atoms with Gasteiger partial charge in [-0.2, -0.15) is 4.98 Å². The van der Waals surface area contributed by atoms with Gasteiger partial charge in [0.1, 0.15) is 5.52 Å². The standard InChI is InChI=1S/C10H13ClN4/c1-6-7-8(14-9(11)13-6)15(5-12-7)10(2,3)4/h5H,1-4H3. The second-order valence-corrected chi connectivity index (χ2v) is 4.87. The molecule has 0 aliphatic rings. The molecule has 0 radical (unpaired) electrons. The highest BCUT2D eigenvalue weighted by atomic mass is 35.5. The van der Waals surface area contributed by atoms with Crippen molar-refractivity contribution < 1.29 is 0 Å². The molecular weight excluding hydrogens is 212 g/mol. The molecule has 80 valence electrons. The topological polar surface area (TPSA) is 43.6 Å². The summed E-state index contributed by atoms with van der Waals surface area (Å²) in [7, 11) is 0. The van der Waals surface area contributed by atoms with Crippen molar-refractivity contribution in [1.82, 2.24) is 19.5 Å². The van der Waals surface area contributed by atoms with Crippen molar-refractivity contribution in [3.05, 3.63) is 17.3 Å². The normalized spacial score (nSPS) is 12.3. The number of halogens is 1. The van der Waals surface area contributed by atoms with Crippen molar-refractivity contribution in [3.8, 4) is 0 Å². The fourth-order valence-corrected chi connectivity index (χ4v) is 1.71. The van der Waals surface area contributed by atoms with Gasteiger partial charge in [-0.15, -0.1) is 0 Å². The molecular formula is C10H13ClN4. The van der Waals surface area contributed by atoms with E-state index in [1.54, 1.807) is 6.33 Å². The van der Waals surface area contributed by atoms with Crippen LogP contribution in [0, 0.1) is 6.92 Å². The van der Waals surface area contributed by atoms with Crippen molar-refractivity contribution in [3.63, 3.8) is 0 Å². The van der Waals surface area contributed by atoms with Crippen LogP contribution in [0.15, 0.2) is 6.33 Å². The highest BCUT2D eigenvalue weighted by Crippen LogP contribution is 2.22. The Morgan fingerprint density at radius 3 is 2.53 bits per heavy atom. The van der Waals surface area contributed by atoms with Crippen molar-refractivity contribution in [2.24, 2.45) is 0 Å². The molecule has 0 spiro atoms. The highest BCUT2D eigenvalue weighted by molar-refractivity contribution is 6.28. The zero-order valence-corrected chi connectivity index (χ0v) is 10.0. The van der Waals surface area contributed by atoms with Gasteiger partial charge < -0.3 is 4.57 Å². The minimum Gasteiger partial charge on any atom is -0.310 e. The van der Waals surface area contributed by atoms with Gasteiger partial charge in [-0.3, -0.25) is 0 Å². The van der Waals surface area contributed by atoms with E-state index in [1.165, 1.54) is 0 Å². The van der Waals surface area contributed by atoms with E-state index in [0.717, 1.165) is 16.9 Å². The van der Waals surface area contributed by atoms with Gasteiger partial charge in [0.15, 0.2) is 5.65 Å². The smallest absolute Gasteiger partial charge is 0.224 e. The van der Waals surface area contributed by atoms with Crippen LogP contribution < -0.4 is 0 Å². The molecule has 0 saturated carbocycles. The average molecular weight is 225 g/mol. The Morgan fingerprint density at radius 2 is 1.93 bits per heavy atom. The highest BCUT2D eigenvalue weighted by Gasteiger charge is 2.18. The van der Waals surface area contributed by atoms with E-state index >= 15 is 0 Å².